The van der Waals surface area contributed by atoms with Crippen LogP contribution in [-0.2, 0) is 16.1 Å². The van der Waals surface area contributed by atoms with Crippen LogP contribution in [0, 0.1) is 0 Å². The van der Waals surface area contributed by atoms with E-state index in [4.69, 9.17) is 18.9 Å². The summed E-state index contributed by atoms with van der Waals surface area (Å²) < 4.78 is 20.8. The predicted octanol–water partition coefficient (Wildman–Crippen LogP) is 3.67. The molecule has 9 nitrogen and oxygen atoms in total. The lowest BCUT2D eigenvalue weighted by molar-refractivity contribution is -0.121. The summed E-state index contributed by atoms with van der Waals surface area (Å²) in [6, 6.07) is 16.8. The standard InChI is InChI=1S/C26H24N2O7/c1-32-20-10-18(11-21(13-20)33-2)25(30)27-19-7-8-23-22(12-19)28(24(29)15-35-23)14-16-5-4-6-17(9-16)26(31)34-3/h4-13H,14-15H2,1-3H3,(H,27,30). The van der Waals surface area contributed by atoms with Crippen LogP contribution in [0.15, 0.2) is 60.7 Å². The number of esters is 1. The van der Waals surface area contributed by atoms with Crippen molar-refractivity contribution in [2.45, 2.75) is 6.54 Å². The molecule has 9 heteroatoms. The van der Waals surface area contributed by atoms with E-state index in [2.05, 4.69) is 5.32 Å². The van der Waals surface area contributed by atoms with Crippen molar-refractivity contribution in [3.63, 3.8) is 0 Å². The number of anilines is 2. The van der Waals surface area contributed by atoms with Crippen molar-refractivity contribution in [1.82, 2.24) is 0 Å². The Labute approximate surface area is 202 Å². The monoisotopic (exact) mass is 476 g/mol. The fourth-order valence-electron chi connectivity index (χ4n) is 3.69. The number of benzene rings is 3. The maximum absolute atomic E-state index is 12.9. The van der Waals surface area contributed by atoms with Gasteiger partial charge in [-0.3, -0.25) is 9.59 Å². The average molecular weight is 476 g/mol. The molecule has 3 aromatic rings. The second-order valence-electron chi connectivity index (χ2n) is 7.70. The highest BCUT2D eigenvalue weighted by molar-refractivity contribution is 6.06. The van der Waals surface area contributed by atoms with Crippen LogP contribution in [0.1, 0.15) is 26.3 Å². The van der Waals surface area contributed by atoms with Crippen LogP contribution in [-0.4, -0.2) is 45.7 Å². The molecule has 0 atom stereocenters. The van der Waals surface area contributed by atoms with Gasteiger partial charge in [0.05, 0.1) is 39.1 Å². The lowest BCUT2D eigenvalue weighted by Gasteiger charge is -2.30. The second-order valence-corrected chi connectivity index (χ2v) is 7.70. The van der Waals surface area contributed by atoms with E-state index >= 15 is 0 Å². The van der Waals surface area contributed by atoms with Crippen LogP contribution in [0.25, 0.3) is 0 Å². The van der Waals surface area contributed by atoms with Gasteiger partial charge in [-0.2, -0.15) is 0 Å². The molecule has 4 rings (SSSR count). The van der Waals surface area contributed by atoms with E-state index in [9.17, 15) is 14.4 Å². The number of nitrogens with one attached hydrogen (secondary N) is 1. The van der Waals surface area contributed by atoms with Gasteiger partial charge in [-0.15, -0.1) is 0 Å². The van der Waals surface area contributed by atoms with Gasteiger partial charge in [0.2, 0.25) is 0 Å². The van der Waals surface area contributed by atoms with Gasteiger partial charge >= 0.3 is 5.97 Å². The molecule has 1 aliphatic heterocycles. The van der Waals surface area contributed by atoms with Gasteiger partial charge in [0, 0.05) is 17.3 Å². The molecule has 3 aromatic carbocycles. The van der Waals surface area contributed by atoms with Crippen molar-refractivity contribution in [2.24, 2.45) is 0 Å². The van der Waals surface area contributed by atoms with Crippen LogP contribution in [0.5, 0.6) is 17.2 Å². The van der Waals surface area contributed by atoms with Crippen molar-refractivity contribution in [2.75, 3.05) is 38.2 Å². The number of amides is 2. The zero-order valence-electron chi connectivity index (χ0n) is 19.5. The average Bonchev–Trinajstić information content (AvgIpc) is 2.89. The van der Waals surface area contributed by atoms with Crippen LogP contribution >= 0.6 is 0 Å². The molecule has 0 saturated heterocycles. The van der Waals surface area contributed by atoms with E-state index in [0.717, 1.165) is 5.56 Å². The van der Waals surface area contributed by atoms with Gasteiger partial charge in [-0.1, -0.05) is 12.1 Å². The quantitative estimate of drug-likeness (QED) is 0.519. The number of hydrogen-bond donors (Lipinski definition) is 1. The van der Waals surface area contributed by atoms with Gasteiger partial charge in [0.15, 0.2) is 6.61 Å². The number of fused-ring (bicyclic) bond motifs is 1. The van der Waals surface area contributed by atoms with E-state index in [1.54, 1.807) is 59.5 Å². The molecule has 0 aliphatic carbocycles. The number of rotatable bonds is 7. The molecule has 1 aliphatic rings. The molecule has 1 heterocycles. The Balaban J connectivity index is 1.60. The fourth-order valence-corrected chi connectivity index (χ4v) is 3.69. The molecule has 0 spiro atoms. The van der Waals surface area contributed by atoms with Crippen molar-refractivity contribution in [3.8, 4) is 17.2 Å². The van der Waals surface area contributed by atoms with Crippen molar-refractivity contribution in [1.29, 1.82) is 0 Å². The third kappa shape index (κ3) is 5.19. The molecule has 35 heavy (non-hydrogen) atoms. The third-order valence-corrected chi connectivity index (χ3v) is 5.46. The first-order valence-electron chi connectivity index (χ1n) is 10.7. The minimum atomic E-state index is -0.459. The van der Waals surface area contributed by atoms with Gasteiger partial charge in [-0.25, -0.2) is 4.79 Å². The Hall–Kier alpha value is -4.53. The summed E-state index contributed by atoms with van der Waals surface area (Å²) in [4.78, 5) is 39.1. The molecule has 0 saturated carbocycles. The lowest BCUT2D eigenvalue weighted by Crippen LogP contribution is -2.38. The van der Waals surface area contributed by atoms with E-state index in [0.29, 0.717) is 39.8 Å². The van der Waals surface area contributed by atoms with E-state index in [1.165, 1.54) is 21.3 Å². The molecule has 180 valence electrons. The Morgan fingerprint density at radius 1 is 0.943 bits per heavy atom. The van der Waals surface area contributed by atoms with Crippen molar-refractivity contribution >= 4 is 29.2 Å². The van der Waals surface area contributed by atoms with Crippen LogP contribution < -0.4 is 24.4 Å². The molecule has 0 fully saturated rings. The highest BCUT2D eigenvalue weighted by Crippen LogP contribution is 2.36. The first kappa shape index (κ1) is 23.6. The highest BCUT2D eigenvalue weighted by Gasteiger charge is 2.26. The van der Waals surface area contributed by atoms with E-state index in [-0.39, 0.29) is 25.0 Å². The normalized spacial score (nSPS) is 12.3. The van der Waals surface area contributed by atoms with E-state index < -0.39 is 5.97 Å². The fraction of sp³-hybridized carbons (Fsp3) is 0.192. The SMILES string of the molecule is COC(=O)c1cccc(CN2C(=O)COc3ccc(NC(=O)c4cc(OC)cc(OC)c4)cc32)c1. The second kappa shape index (κ2) is 10.2. The number of hydrogen-bond acceptors (Lipinski definition) is 7. The lowest BCUT2D eigenvalue weighted by atomic mass is 10.1. The molecule has 1 N–H and O–H groups in total. The molecular formula is C26H24N2O7. The topological polar surface area (TPSA) is 103 Å². The third-order valence-electron chi connectivity index (χ3n) is 5.46. The van der Waals surface area contributed by atoms with Crippen LogP contribution in [0.4, 0.5) is 11.4 Å². The summed E-state index contributed by atoms with van der Waals surface area (Å²) in [6.07, 6.45) is 0. The summed E-state index contributed by atoms with van der Waals surface area (Å²) in [5.41, 5.74) is 2.46. The molecular weight excluding hydrogens is 452 g/mol. The summed E-state index contributed by atoms with van der Waals surface area (Å²) >= 11 is 0. The minimum Gasteiger partial charge on any atom is -0.497 e. The number of carbonyl (C=O) groups is 3. The highest BCUT2D eigenvalue weighted by atomic mass is 16.5. The number of carbonyl (C=O) groups excluding carboxylic acids is 3. The van der Waals surface area contributed by atoms with E-state index in [1.807, 2.05) is 6.07 Å². The first-order chi connectivity index (χ1) is 16.9. The molecule has 0 radical (unpaired) electrons. The first-order valence-corrected chi connectivity index (χ1v) is 10.7. The molecule has 0 aromatic heterocycles. The van der Waals surface area contributed by atoms with Crippen molar-refractivity contribution < 1.29 is 33.3 Å². The largest absolute Gasteiger partial charge is 0.497 e. The Bertz CT molecular complexity index is 1270. The predicted molar refractivity (Wildman–Crippen MR) is 128 cm³/mol. The molecule has 0 unspecified atom stereocenters. The number of nitrogens with zero attached hydrogens (tertiary/aromatic N) is 1. The summed E-state index contributed by atoms with van der Waals surface area (Å²) in [5.74, 6) is 0.401. The minimum absolute atomic E-state index is 0.112. The zero-order valence-corrected chi connectivity index (χ0v) is 19.5. The Morgan fingerprint density at radius 2 is 1.69 bits per heavy atom. The molecule has 2 amide bonds. The number of ether oxygens (including phenoxy) is 4. The van der Waals surface area contributed by atoms with Crippen molar-refractivity contribution in [3.05, 3.63) is 77.4 Å². The van der Waals surface area contributed by atoms with Crippen LogP contribution in [0.3, 0.4) is 0 Å². The van der Waals surface area contributed by atoms with Gasteiger partial charge in [0.25, 0.3) is 11.8 Å². The summed E-state index contributed by atoms with van der Waals surface area (Å²) in [5, 5.41) is 2.84. The molecule has 0 bridgehead atoms. The number of methoxy groups -OCH3 is 3. The smallest absolute Gasteiger partial charge is 0.337 e. The summed E-state index contributed by atoms with van der Waals surface area (Å²) in [7, 11) is 4.33. The maximum atomic E-state index is 12.9. The zero-order chi connectivity index (χ0) is 24.9. The van der Waals surface area contributed by atoms with Crippen LogP contribution in [0.2, 0.25) is 0 Å². The van der Waals surface area contributed by atoms with Gasteiger partial charge < -0.3 is 29.2 Å². The summed E-state index contributed by atoms with van der Waals surface area (Å²) in [6.45, 7) is 0.101. The Kier molecular flexibility index (Phi) is 6.86. The Morgan fingerprint density at radius 3 is 2.37 bits per heavy atom. The maximum Gasteiger partial charge on any atom is 0.337 e. The van der Waals surface area contributed by atoms with Gasteiger partial charge in [0.1, 0.15) is 17.2 Å². The van der Waals surface area contributed by atoms with Gasteiger partial charge in [-0.05, 0) is 48.0 Å².